The van der Waals surface area contributed by atoms with Gasteiger partial charge in [-0.2, -0.15) is 0 Å². The first-order valence-electron chi connectivity index (χ1n) is 8.34. The molecule has 27 heavy (non-hydrogen) atoms. The van der Waals surface area contributed by atoms with Gasteiger partial charge >= 0.3 is 0 Å². The summed E-state index contributed by atoms with van der Waals surface area (Å²) in [7, 11) is 2.31. The van der Waals surface area contributed by atoms with Crippen molar-refractivity contribution >= 4 is 52.3 Å². The second-order valence-electron chi connectivity index (χ2n) is 5.50. The third-order valence-corrected chi connectivity index (χ3v) is 5.48. The van der Waals surface area contributed by atoms with E-state index in [1.807, 2.05) is 48.5 Å². The summed E-state index contributed by atoms with van der Waals surface area (Å²) in [6, 6.07) is 15.1. The zero-order valence-electron chi connectivity index (χ0n) is 15.4. The molecule has 8 heteroatoms. The van der Waals surface area contributed by atoms with Gasteiger partial charge < -0.3 is 15.4 Å². The van der Waals surface area contributed by atoms with Crippen LogP contribution in [0.3, 0.4) is 0 Å². The van der Waals surface area contributed by atoms with Crippen LogP contribution in [0.5, 0.6) is 5.75 Å². The van der Waals surface area contributed by atoms with Gasteiger partial charge in [0.15, 0.2) is 5.96 Å². The lowest BCUT2D eigenvalue weighted by Crippen LogP contribution is -2.40. The molecule has 0 saturated heterocycles. The number of aliphatic imine (C=N–C) groups is 1. The molecule has 0 fully saturated rings. The minimum atomic E-state index is -1.02. The van der Waals surface area contributed by atoms with Gasteiger partial charge in [0.2, 0.25) is 0 Å². The first-order chi connectivity index (χ1) is 12.6. The highest BCUT2D eigenvalue weighted by Crippen LogP contribution is 2.22. The molecule has 0 heterocycles. The lowest BCUT2D eigenvalue weighted by Gasteiger charge is -2.12. The van der Waals surface area contributed by atoms with Crippen molar-refractivity contribution in [3.8, 4) is 5.75 Å². The van der Waals surface area contributed by atoms with Crippen LogP contribution in [0.25, 0.3) is 0 Å². The van der Waals surface area contributed by atoms with Crippen LogP contribution >= 0.6 is 35.6 Å². The fourth-order valence-electron chi connectivity index (χ4n) is 2.35. The molecule has 0 aromatic heterocycles. The van der Waals surface area contributed by atoms with Crippen LogP contribution in [0.15, 0.2) is 58.4 Å². The Kier molecular flexibility index (Phi) is 11.4. The van der Waals surface area contributed by atoms with E-state index in [9.17, 15) is 4.21 Å². The zero-order chi connectivity index (χ0) is 18.8. The number of hydrogen-bond acceptors (Lipinski definition) is 3. The maximum atomic E-state index is 12.2. The number of halogens is 2. The van der Waals surface area contributed by atoms with Crippen LogP contribution < -0.4 is 15.4 Å². The number of rotatable bonds is 8. The third kappa shape index (κ3) is 8.06. The largest absolute Gasteiger partial charge is 0.497 e. The van der Waals surface area contributed by atoms with Crippen LogP contribution in [-0.4, -0.2) is 43.2 Å². The predicted octanol–water partition coefficient (Wildman–Crippen LogP) is 3.48. The van der Waals surface area contributed by atoms with Gasteiger partial charge in [-0.1, -0.05) is 35.9 Å². The molecule has 0 amide bonds. The van der Waals surface area contributed by atoms with Crippen LogP contribution in [0.4, 0.5) is 0 Å². The maximum absolute atomic E-state index is 12.2. The number of hydrogen-bond donors (Lipinski definition) is 2. The predicted molar refractivity (Wildman–Crippen MR) is 124 cm³/mol. The number of ether oxygens (including phenoxy) is 1. The van der Waals surface area contributed by atoms with Gasteiger partial charge in [-0.3, -0.25) is 9.20 Å². The summed E-state index contributed by atoms with van der Waals surface area (Å²) >= 11 is 6.25. The summed E-state index contributed by atoms with van der Waals surface area (Å²) in [5, 5.41) is 7.11. The van der Waals surface area contributed by atoms with E-state index in [-0.39, 0.29) is 24.0 Å². The average molecular weight is 522 g/mol. The number of nitrogens with zero attached hydrogens (tertiary/aromatic N) is 1. The van der Waals surface area contributed by atoms with Crippen molar-refractivity contribution in [2.24, 2.45) is 4.99 Å². The van der Waals surface area contributed by atoms with Crippen LogP contribution in [-0.2, 0) is 17.2 Å². The lowest BCUT2D eigenvalue weighted by atomic mass is 10.1. The number of guanidine groups is 1. The molecule has 2 aromatic carbocycles. The number of methoxy groups -OCH3 is 1. The topological polar surface area (TPSA) is 62.7 Å². The molecule has 0 aliphatic rings. The van der Waals surface area contributed by atoms with Crippen molar-refractivity contribution in [2.45, 2.75) is 11.3 Å². The Labute approximate surface area is 185 Å². The van der Waals surface area contributed by atoms with E-state index in [2.05, 4.69) is 15.6 Å². The molecule has 0 spiro atoms. The van der Waals surface area contributed by atoms with Crippen molar-refractivity contribution < 1.29 is 8.95 Å². The SMILES string of the molecule is CN=C(NCCc1ccc(OC)cc1Cl)NCCS(=O)c1ccccc1.I. The Morgan fingerprint density at radius 2 is 1.85 bits per heavy atom. The summed E-state index contributed by atoms with van der Waals surface area (Å²) in [5.74, 6) is 1.95. The Balaban J connectivity index is 0.00000364. The summed E-state index contributed by atoms with van der Waals surface area (Å²) in [6.07, 6.45) is 0.763. The molecule has 1 atom stereocenters. The van der Waals surface area contributed by atoms with Crippen molar-refractivity contribution in [3.63, 3.8) is 0 Å². The Morgan fingerprint density at radius 3 is 2.48 bits per heavy atom. The molecule has 0 aliphatic heterocycles. The van der Waals surface area contributed by atoms with Gasteiger partial charge in [-0.25, -0.2) is 0 Å². The van der Waals surface area contributed by atoms with Gasteiger partial charge in [-0.05, 0) is 36.2 Å². The molecule has 148 valence electrons. The standard InChI is InChI=1S/C19H24ClN3O2S.HI/c1-21-19(23-12-13-26(24)17-6-4-3-5-7-17)22-11-10-15-8-9-16(25-2)14-18(15)20;/h3-9,14H,10-13H2,1-2H3,(H2,21,22,23);1H. The summed E-state index contributed by atoms with van der Waals surface area (Å²) in [4.78, 5) is 5.02. The van der Waals surface area contributed by atoms with E-state index in [0.29, 0.717) is 29.8 Å². The minimum absolute atomic E-state index is 0. The number of benzene rings is 2. The monoisotopic (exact) mass is 521 g/mol. The van der Waals surface area contributed by atoms with Gasteiger partial charge in [0.05, 0.1) is 17.9 Å². The second kappa shape index (κ2) is 13.0. The van der Waals surface area contributed by atoms with Crippen LogP contribution in [0.2, 0.25) is 5.02 Å². The molecule has 2 aromatic rings. The Bertz CT molecular complexity index is 760. The number of nitrogens with one attached hydrogen (secondary N) is 2. The van der Waals surface area contributed by atoms with E-state index in [1.54, 1.807) is 14.2 Å². The molecular weight excluding hydrogens is 497 g/mol. The molecule has 0 bridgehead atoms. The van der Waals surface area contributed by atoms with Crippen molar-refractivity contribution in [3.05, 3.63) is 59.1 Å². The summed E-state index contributed by atoms with van der Waals surface area (Å²) < 4.78 is 17.3. The fraction of sp³-hybridized carbons (Fsp3) is 0.316. The van der Waals surface area contributed by atoms with Crippen molar-refractivity contribution in [1.82, 2.24) is 10.6 Å². The van der Waals surface area contributed by atoms with Crippen molar-refractivity contribution in [2.75, 3.05) is 33.0 Å². The third-order valence-electron chi connectivity index (χ3n) is 3.76. The average Bonchev–Trinajstić information content (AvgIpc) is 2.68. The normalized spacial score (nSPS) is 12.0. The second-order valence-corrected chi connectivity index (χ2v) is 7.47. The molecular formula is C19H25ClIN3O2S. The molecule has 0 saturated carbocycles. The fourth-order valence-corrected chi connectivity index (χ4v) is 3.60. The first kappa shape index (κ1) is 23.7. The quantitative estimate of drug-likeness (QED) is 0.317. The zero-order valence-corrected chi connectivity index (χ0v) is 19.3. The Morgan fingerprint density at radius 1 is 1.15 bits per heavy atom. The highest BCUT2D eigenvalue weighted by atomic mass is 127. The van der Waals surface area contributed by atoms with Gasteiger partial charge in [0, 0.05) is 35.8 Å². The maximum Gasteiger partial charge on any atom is 0.191 e. The van der Waals surface area contributed by atoms with E-state index in [0.717, 1.165) is 22.6 Å². The molecule has 5 nitrogen and oxygen atoms in total. The van der Waals surface area contributed by atoms with Crippen LogP contribution in [0.1, 0.15) is 5.56 Å². The van der Waals surface area contributed by atoms with Crippen molar-refractivity contribution in [1.29, 1.82) is 0 Å². The highest BCUT2D eigenvalue weighted by Gasteiger charge is 2.05. The van der Waals surface area contributed by atoms with E-state index < -0.39 is 10.8 Å². The Hall–Kier alpha value is -1.32. The molecule has 2 rings (SSSR count). The smallest absolute Gasteiger partial charge is 0.191 e. The molecule has 2 N–H and O–H groups in total. The summed E-state index contributed by atoms with van der Waals surface area (Å²) in [6.45, 7) is 1.26. The highest BCUT2D eigenvalue weighted by molar-refractivity contribution is 14.0. The van der Waals surface area contributed by atoms with E-state index in [1.165, 1.54) is 0 Å². The van der Waals surface area contributed by atoms with Crippen LogP contribution in [0, 0.1) is 0 Å². The first-order valence-corrected chi connectivity index (χ1v) is 10.0. The minimum Gasteiger partial charge on any atom is -0.497 e. The van der Waals surface area contributed by atoms with Gasteiger partial charge in [0.25, 0.3) is 0 Å². The van der Waals surface area contributed by atoms with Gasteiger partial charge in [0.1, 0.15) is 5.75 Å². The van der Waals surface area contributed by atoms with Gasteiger partial charge in [-0.15, -0.1) is 24.0 Å². The van der Waals surface area contributed by atoms with E-state index in [4.69, 9.17) is 16.3 Å². The molecule has 0 radical (unpaired) electrons. The summed E-state index contributed by atoms with van der Waals surface area (Å²) in [5.41, 5.74) is 1.04. The molecule has 1 unspecified atom stereocenters. The molecule has 0 aliphatic carbocycles. The van der Waals surface area contributed by atoms with E-state index >= 15 is 0 Å². The lowest BCUT2D eigenvalue weighted by molar-refractivity contribution is 0.414.